The first kappa shape index (κ1) is 16.2. The minimum absolute atomic E-state index is 0.0660. The Balaban J connectivity index is 2.71. The lowest BCUT2D eigenvalue weighted by Gasteiger charge is -2.27. The van der Waals surface area contributed by atoms with E-state index in [9.17, 15) is 10.1 Å². The minimum Gasteiger partial charge on any atom is -0.466 e. The summed E-state index contributed by atoms with van der Waals surface area (Å²) in [6, 6.07) is 6.76. The molecule has 2 rings (SSSR count). The summed E-state index contributed by atoms with van der Waals surface area (Å²) >= 11 is 12.1. The fraction of sp³-hybridized carbons (Fsp3) is 0.200. The van der Waals surface area contributed by atoms with Crippen LogP contribution < -0.4 is 5.73 Å². The van der Waals surface area contributed by atoms with Gasteiger partial charge in [-0.15, -0.1) is 0 Å². The second-order valence-electron chi connectivity index (χ2n) is 4.55. The molecule has 5 nitrogen and oxygen atoms in total. The normalized spacial score (nSPS) is 17.9. The van der Waals surface area contributed by atoms with Crippen molar-refractivity contribution in [1.82, 2.24) is 0 Å². The van der Waals surface area contributed by atoms with Crippen molar-refractivity contribution in [1.29, 1.82) is 5.26 Å². The van der Waals surface area contributed by atoms with Gasteiger partial charge in [0, 0.05) is 10.0 Å². The van der Waals surface area contributed by atoms with E-state index in [1.54, 1.807) is 19.1 Å². The Morgan fingerprint density at radius 1 is 1.45 bits per heavy atom. The van der Waals surface area contributed by atoms with Crippen molar-refractivity contribution in [2.75, 3.05) is 7.11 Å². The highest BCUT2D eigenvalue weighted by molar-refractivity contribution is 6.35. The zero-order chi connectivity index (χ0) is 16.4. The highest BCUT2D eigenvalue weighted by atomic mass is 35.5. The van der Waals surface area contributed by atoms with Gasteiger partial charge in [0.1, 0.15) is 17.4 Å². The van der Waals surface area contributed by atoms with E-state index in [1.807, 2.05) is 6.07 Å². The molecule has 1 atom stereocenters. The molecule has 0 aliphatic carbocycles. The van der Waals surface area contributed by atoms with Crippen LogP contribution in [-0.4, -0.2) is 13.1 Å². The smallest absolute Gasteiger partial charge is 0.338 e. The summed E-state index contributed by atoms with van der Waals surface area (Å²) in [5.41, 5.74) is 6.56. The van der Waals surface area contributed by atoms with Gasteiger partial charge in [0.25, 0.3) is 0 Å². The Labute approximate surface area is 137 Å². The van der Waals surface area contributed by atoms with Gasteiger partial charge in [0.15, 0.2) is 0 Å². The van der Waals surface area contributed by atoms with Crippen molar-refractivity contribution in [2.24, 2.45) is 5.73 Å². The molecule has 0 spiro atoms. The quantitative estimate of drug-likeness (QED) is 0.836. The van der Waals surface area contributed by atoms with Crippen molar-refractivity contribution in [3.63, 3.8) is 0 Å². The third kappa shape index (κ3) is 2.76. The number of nitrogens with two attached hydrogens (primary N) is 1. The highest BCUT2D eigenvalue weighted by Gasteiger charge is 2.37. The maximum atomic E-state index is 12.1. The number of nitrogens with zero attached hydrogens (tertiary/aromatic N) is 1. The van der Waals surface area contributed by atoms with Crippen LogP contribution in [0.4, 0.5) is 0 Å². The molecule has 0 saturated heterocycles. The Morgan fingerprint density at radius 2 is 2.14 bits per heavy atom. The molecule has 1 aromatic rings. The van der Waals surface area contributed by atoms with Crippen molar-refractivity contribution < 1.29 is 14.3 Å². The summed E-state index contributed by atoms with van der Waals surface area (Å²) in [4.78, 5) is 12.1. The average Bonchev–Trinajstić information content (AvgIpc) is 2.46. The summed E-state index contributed by atoms with van der Waals surface area (Å²) in [5, 5.41) is 10.1. The summed E-state index contributed by atoms with van der Waals surface area (Å²) in [7, 11) is 1.25. The zero-order valence-electron chi connectivity index (χ0n) is 11.8. The van der Waals surface area contributed by atoms with Gasteiger partial charge in [-0.1, -0.05) is 29.3 Å². The molecular formula is C15H12Cl2N2O3. The fourth-order valence-electron chi connectivity index (χ4n) is 2.30. The summed E-state index contributed by atoms with van der Waals surface area (Å²) in [6.45, 7) is 1.57. The molecule has 7 heteroatoms. The second-order valence-corrected chi connectivity index (χ2v) is 5.40. The van der Waals surface area contributed by atoms with Crippen molar-refractivity contribution >= 4 is 29.2 Å². The van der Waals surface area contributed by atoms with E-state index >= 15 is 0 Å². The number of allylic oxidation sites excluding steroid dienone is 2. The van der Waals surface area contributed by atoms with Gasteiger partial charge in [-0.25, -0.2) is 4.79 Å². The Hall–Kier alpha value is -2.16. The van der Waals surface area contributed by atoms with Crippen LogP contribution in [0, 0.1) is 11.3 Å². The molecule has 0 radical (unpaired) electrons. The number of hydrogen-bond donors (Lipinski definition) is 1. The molecule has 0 amide bonds. The first-order valence-corrected chi connectivity index (χ1v) is 6.97. The lowest BCUT2D eigenvalue weighted by molar-refractivity contribution is -0.136. The van der Waals surface area contributed by atoms with Gasteiger partial charge in [0.05, 0.1) is 18.6 Å². The number of hydrogen-bond acceptors (Lipinski definition) is 5. The lowest BCUT2D eigenvalue weighted by atomic mass is 9.83. The van der Waals surface area contributed by atoms with Crippen LogP contribution >= 0.6 is 23.2 Å². The Bertz CT molecular complexity index is 748. The van der Waals surface area contributed by atoms with Crippen molar-refractivity contribution in [3.05, 3.63) is 56.6 Å². The van der Waals surface area contributed by atoms with Gasteiger partial charge in [-0.3, -0.25) is 0 Å². The lowest BCUT2D eigenvalue weighted by Crippen LogP contribution is -2.25. The topological polar surface area (TPSA) is 85.3 Å². The zero-order valence-corrected chi connectivity index (χ0v) is 13.3. The summed E-state index contributed by atoms with van der Waals surface area (Å²) in [6.07, 6.45) is 0. The molecule has 0 saturated carbocycles. The highest BCUT2D eigenvalue weighted by Crippen LogP contribution is 2.42. The molecule has 0 aromatic heterocycles. The first-order chi connectivity index (χ1) is 10.4. The monoisotopic (exact) mass is 338 g/mol. The Morgan fingerprint density at radius 3 is 2.68 bits per heavy atom. The predicted octanol–water partition coefficient (Wildman–Crippen LogP) is 3.25. The molecule has 1 heterocycles. The molecule has 22 heavy (non-hydrogen) atoms. The first-order valence-electron chi connectivity index (χ1n) is 6.22. The van der Waals surface area contributed by atoms with E-state index < -0.39 is 11.9 Å². The summed E-state index contributed by atoms with van der Waals surface area (Å²) < 4.78 is 10.1. The van der Waals surface area contributed by atoms with Crippen LogP contribution in [0.3, 0.4) is 0 Å². The van der Waals surface area contributed by atoms with Crippen molar-refractivity contribution in [2.45, 2.75) is 12.8 Å². The average molecular weight is 339 g/mol. The Kier molecular flexibility index (Phi) is 4.65. The van der Waals surface area contributed by atoms with Gasteiger partial charge in [-0.2, -0.15) is 5.26 Å². The third-order valence-corrected chi connectivity index (χ3v) is 3.85. The second kappa shape index (κ2) is 6.30. The largest absolute Gasteiger partial charge is 0.466 e. The molecular weight excluding hydrogens is 327 g/mol. The number of carbonyl (C=O) groups excluding carboxylic acids is 1. The van der Waals surface area contributed by atoms with Gasteiger partial charge < -0.3 is 15.2 Å². The maximum Gasteiger partial charge on any atom is 0.338 e. The number of ether oxygens (including phenoxy) is 2. The fourth-order valence-corrected chi connectivity index (χ4v) is 2.82. The molecule has 0 fully saturated rings. The molecule has 114 valence electrons. The minimum atomic E-state index is -0.768. The molecule has 0 unspecified atom stereocenters. The number of carbonyl (C=O) groups is 1. The number of methoxy groups -OCH3 is 1. The van der Waals surface area contributed by atoms with Crippen LogP contribution in [0.2, 0.25) is 10.0 Å². The van der Waals surface area contributed by atoms with Crippen LogP contribution in [-0.2, 0) is 14.3 Å². The van der Waals surface area contributed by atoms with E-state index in [0.717, 1.165) is 0 Å². The van der Waals surface area contributed by atoms with Crippen molar-refractivity contribution in [3.8, 4) is 6.07 Å². The van der Waals surface area contributed by atoms with E-state index in [4.69, 9.17) is 38.4 Å². The van der Waals surface area contributed by atoms with Gasteiger partial charge in [-0.05, 0) is 24.6 Å². The molecule has 1 aliphatic heterocycles. The number of halogens is 2. The van der Waals surface area contributed by atoms with Crippen LogP contribution in [0.15, 0.2) is 41.0 Å². The van der Waals surface area contributed by atoms with E-state index in [0.29, 0.717) is 15.6 Å². The molecule has 0 bridgehead atoms. The van der Waals surface area contributed by atoms with E-state index in [2.05, 4.69) is 0 Å². The SMILES string of the molecule is COC(=O)C1=C(C)OC(N)=C(C#N)[C@H]1c1ccc(Cl)cc1Cl. The standard InChI is InChI=1S/C15H12Cl2N2O3/c1-7-12(15(20)21-2)13(10(6-18)14(19)22-7)9-4-3-8(16)5-11(9)17/h3-5,13H,19H2,1-2H3/t13-/m1/s1. The van der Waals surface area contributed by atoms with Crippen LogP contribution in [0.5, 0.6) is 0 Å². The van der Waals surface area contributed by atoms with E-state index in [1.165, 1.54) is 13.2 Å². The van der Waals surface area contributed by atoms with Crippen LogP contribution in [0.25, 0.3) is 0 Å². The van der Waals surface area contributed by atoms with Gasteiger partial charge in [0.2, 0.25) is 5.88 Å². The molecule has 1 aromatic carbocycles. The van der Waals surface area contributed by atoms with Crippen LogP contribution in [0.1, 0.15) is 18.4 Å². The summed E-state index contributed by atoms with van der Waals surface area (Å²) in [5.74, 6) is -1.19. The van der Waals surface area contributed by atoms with E-state index in [-0.39, 0.29) is 22.8 Å². The number of rotatable bonds is 2. The predicted molar refractivity (Wildman–Crippen MR) is 81.8 cm³/mol. The molecule has 2 N–H and O–H groups in total. The third-order valence-electron chi connectivity index (χ3n) is 3.28. The number of nitriles is 1. The number of esters is 1. The van der Waals surface area contributed by atoms with Gasteiger partial charge >= 0.3 is 5.97 Å². The maximum absolute atomic E-state index is 12.1. The number of benzene rings is 1. The molecule has 1 aliphatic rings.